The number of benzene rings is 2. The van der Waals surface area contributed by atoms with Crippen molar-refractivity contribution in [3.63, 3.8) is 0 Å². The van der Waals surface area contributed by atoms with E-state index in [0.717, 1.165) is 19.3 Å². The van der Waals surface area contributed by atoms with Gasteiger partial charge in [-0.2, -0.15) is 0 Å². The van der Waals surface area contributed by atoms with E-state index in [1.54, 1.807) is 41.3 Å². The first-order chi connectivity index (χ1) is 13.5. The Balaban J connectivity index is 1.84. The lowest BCUT2D eigenvalue weighted by molar-refractivity contribution is 0.0575. The molecule has 3 rings (SSSR count). The average Bonchev–Trinajstić information content (AvgIpc) is 2.68. The molecule has 2 amide bonds. The second-order valence-corrected chi connectivity index (χ2v) is 7.63. The zero-order valence-corrected chi connectivity index (χ0v) is 16.8. The molecule has 1 heterocycles. The van der Waals surface area contributed by atoms with Crippen LogP contribution in [0.5, 0.6) is 0 Å². The van der Waals surface area contributed by atoms with Crippen LogP contribution in [0.15, 0.2) is 42.5 Å². The van der Waals surface area contributed by atoms with Gasteiger partial charge in [-0.25, -0.2) is 0 Å². The zero-order valence-electron chi connectivity index (χ0n) is 15.3. The molecule has 1 atom stereocenters. The fourth-order valence-electron chi connectivity index (χ4n) is 3.51. The third-order valence-electron chi connectivity index (χ3n) is 4.93. The average molecular weight is 421 g/mol. The van der Waals surface area contributed by atoms with Crippen molar-refractivity contribution in [3.8, 4) is 0 Å². The smallest absolute Gasteiger partial charge is 0.257 e. The van der Waals surface area contributed by atoms with Gasteiger partial charge in [-0.05, 0) is 56.0 Å². The van der Waals surface area contributed by atoms with Crippen molar-refractivity contribution in [3.05, 3.63) is 63.6 Å². The Hall–Kier alpha value is -2.08. The SMILES string of the molecule is O=C(Nc1ccccc1C(=O)N1CCCC[C@H]1CCO)c1ccc(Cl)cc1Cl. The van der Waals surface area contributed by atoms with Gasteiger partial charge in [0.2, 0.25) is 0 Å². The predicted molar refractivity (Wildman–Crippen MR) is 111 cm³/mol. The van der Waals surface area contributed by atoms with Gasteiger partial charge in [-0.1, -0.05) is 35.3 Å². The van der Waals surface area contributed by atoms with Gasteiger partial charge in [-0.3, -0.25) is 9.59 Å². The van der Waals surface area contributed by atoms with E-state index in [9.17, 15) is 14.7 Å². The number of halogens is 2. The van der Waals surface area contributed by atoms with Crippen molar-refractivity contribution in [2.45, 2.75) is 31.7 Å². The first-order valence-corrected chi connectivity index (χ1v) is 10.0. The molecule has 5 nitrogen and oxygen atoms in total. The van der Waals surface area contributed by atoms with Gasteiger partial charge >= 0.3 is 0 Å². The van der Waals surface area contributed by atoms with Gasteiger partial charge in [0.15, 0.2) is 0 Å². The highest BCUT2D eigenvalue weighted by molar-refractivity contribution is 6.37. The number of carbonyl (C=O) groups is 2. The number of hydrogen-bond acceptors (Lipinski definition) is 3. The summed E-state index contributed by atoms with van der Waals surface area (Å²) in [5.41, 5.74) is 1.13. The van der Waals surface area contributed by atoms with Crippen LogP contribution in [0.25, 0.3) is 0 Å². The topological polar surface area (TPSA) is 69.6 Å². The molecule has 0 saturated carbocycles. The summed E-state index contributed by atoms with van der Waals surface area (Å²) in [5.74, 6) is -0.552. The Kier molecular flexibility index (Phi) is 6.94. The second kappa shape index (κ2) is 9.41. The highest BCUT2D eigenvalue weighted by Crippen LogP contribution is 2.26. The minimum atomic E-state index is -0.410. The Morgan fingerprint density at radius 3 is 2.64 bits per heavy atom. The third kappa shape index (κ3) is 4.66. The van der Waals surface area contributed by atoms with Crippen LogP contribution in [-0.2, 0) is 0 Å². The summed E-state index contributed by atoms with van der Waals surface area (Å²) in [6.07, 6.45) is 3.41. The zero-order chi connectivity index (χ0) is 20.1. The molecule has 28 heavy (non-hydrogen) atoms. The number of rotatable bonds is 5. The number of aliphatic hydroxyl groups is 1. The van der Waals surface area contributed by atoms with Gasteiger partial charge in [0.05, 0.1) is 21.8 Å². The molecule has 0 aliphatic carbocycles. The predicted octanol–water partition coefficient (Wildman–Crippen LogP) is 4.62. The Bertz CT molecular complexity index is 870. The lowest BCUT2D eigenvalue weighted by atomic mass is 9.98. The number of carbonyl (C=O) groups excluding carboxylic acids is 2. The lowest BCUT2D eigenvalue weighted by Gasteiger charge is -2.36. The molecule has 2 aromatic rings. The molecule has 1 saturated heterocycles. The number of amides is 2. The monoisotopic (exact) mass is 420 g/mol. The number of likely N-dealkylation sites (tertiary alicyclic amines) is 1. The number of nitrogens with one attached hydrogen (secondary N) is 1. The van der Waals surface area contributed by atoms with Gasteiger partial charge in [-0.15, -0.1) is 0 Å². The van der Waals surface area contributed by atoms with Crippen molar-refractivity contribution in [2.75, 3.05) is 18.5 Å². The van der Waals surface area contributed by atoms with Gasteiger partial charge in [0.25, 0.3) is 11.8 Å². The summed E-state index contributed by atoms with van der Waals surface area (Å²) < 4.78 is 0. The van der Waals surface area contributed by atoms with E-state index in [0.29, 0.717) is 29.2 Å². The summed E-state index contributed by atoms with van der Waals surface area (Å²) in [6, 6.07) is 11.6. The molecule has 0 radical (unpaired) electrons. The number of nitrogens with zero attached hydrogens (tertiary/aromatic N) is 1. The van der Waals surface area contributed by atoms with Crippen molar-refractivity contribution in [2.24, 2.45) is 0 Å². The lowest BCUT2D eigenvalue weighted by Crippen LogP contribution is -2.44. The van der Waals surface area contributed by atoms with Gasteiger partial charge < -0.3 is 15.3 Å². The van der Waals surface area contributed by atoms with Crippen LogP contribution in [0, 0.1) is 0 Å². The number of anilines is 1. The molecule has 7 heteroatoms. The van der Waals surface area contributed by atoms with Crippen molar-refractivity contribution in [1.29, 1.82) is 0 Å². The number of piperidine rings is 1. The summed E-state index contributed by atoms with van der Waals surface area (Å²) in [6.45, 7) is 0.691. The highest BCUT2D eigenvalue weighted by Gasteiger charge is 2.28. The normalized spacial score (nSPS) is 16.7. The van der Waals surface area contributed by atoms with Gasteiger partial charge in [0.1, 0.15) is 0 Å². The quantitative estimate of drug-likeness (QED) is 0.740. The van der Waals surface area contributed by atoms with Crippen molar-refractivity contribution < 1.29 is 14.7 Å². The maximum Gasteiger partial charge on any atom is 0.257 e. The van der Waals surface area contributed by atoms with Crippen LogP contribution >= 0.6 is 23.2 Å². The molecule has 148 valence electrons. The molecule has 1 aliphatic heterocycles. The summed E-state index contributed by atoms with van der Waals surface area (Å²) >= 11 is 12.0. The fraction of sp³-hybridized carbons (Fsp3) is 0.333. The molecule has 0 bridgehead atoms. The maximum absolute atomic E-state index is 13.2. The molecule has 0 spiro atoms. The molecular weight excluding hydrogens is 399 g/mol. The Morgan fingerprint density at radius 2 is 1.89 bits per heavy atom. The van der Waals surface area contributed by atoms with E-state index in [2.05, 4.69) is 5.32 Å². The fourth-order valence-corrected chi connectivity index (χ4v) is 4.01. The summed E-state index contributed by atoms with van der Waals surface area (Å²) in [4.78, 5) is 27.7. The summed E-state index contributed by atoms with van der Waals surface area (Å²) in [5, 5.41) is 12.8. The molecule has 2 aromatic carbocycles. The van der Waals surface area contributed by atoms with Gasteiger partial charge in [0, 0.05) is 24.2 Å². The third-order valence-corrected chi connectivity index (χ3v) is 5.48. The Labute approximate surface area is 174 Å². The molecule has 2 N–H and O–H groups in total. The van der Waals surface area contributed by atoms with Crippen LogP contribution in [0.3, 0.4) is 0 Å². The highest BCUT2D eigenvalue weighted by atomic mass is 35.5. The second-order valence-electron chi connectivity index (χ2n) is 6.78. The summed E-state index contributed by atoms with van der Waals surface area (Å²) in [7, 11) is 0. The van der Waals surface area contributed by atoms with E-state index < -0.39 is 5.91 Å². The van der Waals surface area contributed by atoms with Crippen LogP contribution < -0.4 is 5.32 Å². The minimum absolute atomic E-state index is 0.0146. The van der Waals surface area contributed by atoms with E-state index in [1.165, 1.54) is 6.07 Å². The van der Waals surface area contributed by atoms with E-state index >= 15 is 0 Å². The van der Waals surface area contributed by atoms with Crippen LogP contribution in [0.2, 0.25) is 10.0 Å². The standard InChI is InChI=1S/C21H22Cl2N2O3/c22-14-8-9-16(18(23)13-14)20(27)24-19-7-2-1-6-17(19)21(28)25-11-4-3-5-15(25)10-12-26/h1-2,6-9,13,15,26H,3-5,10-12H2,(H,24,27)/t15-/m0/s1. The van der Waals surface area contributed by atoms with Crippen molar-refractivity contribution in [1.82, 2.24) is 4.90 Å². The van der Waals surface area contributed by atoms with Crippen molar-refractivity contribution >= 4 is 40.7 Å². The maximum atomic E-state index is 13.2. The largest absolute Gasteiger partial charge is 0.396 e. The molecule has 1 fully saturated rings. The first kappa shape index (κ1) is 20.6. The number of aliphatic hydroxyl groups excluding tert-OH is 1. The van der Waals surface area contributed by atoms with E-state index in [-0.39, 0.29) is 29.1 Å². The minimum Gasteiger partial charge on any atom is -0.396 e. The van der Waals surface area contributed by atoms with E-state index in [4.69, 9.17) is 23.2 Å². The number of hydrogen-bond donors (Lipinski definition) is 2. The molecule has 1 aliphatic rings. The molecule has 0 unspecified atom stereocenters. The molecular formula is C21H22Cl2N2O3. The molecule has 0 aromatic heterocycles. The number of para-hydroxylation sites is 1. The van der Waals surface area contributed by atoms with Crippen LogP contribution in [-0.4, -0.2) is 41.0 Å². The van der Waals surface area contributed by atoms with Crippen LogP contribution in [0.4, 0.5) is 5.69 Å². The first-order valence-electron chi connectivity index (χ1n) is 9.28. The Morgan fingerprint density at radius 1 is 1.11 bits per heavy atom. The van der Waals surface area contributed by atoms with E-state index in [1.807, 2.05) is 0 Å². The van der Waals surface area contributed by atoms with Crippen LogP contribution in [0.1, 0.15) is 46.4 Å².